The first kappa shape index (κ1) is 17.3. The van der Waals surface area contributed by atoms with Crippen molar-refractivity contribution in [3.05, 3.63) is 34.9 Å². The Balaban J connectivity index is 0.00000200. The smallest absolute Gasteiger partial charge is 0.191 e. The zero-order valence-electron chi connectivity index (χ0n) is 12.9. The van der Waals surface area contributed by atoms with Gasteiger partial charge in [0.25, 0.3) is 0 Å². The van der Waals surface area contributed by atoms with Gasteiger partial charge in [0, 0.05) is 19.6 Å². The molecule has 0 bridgehead atoms. The molecule has 1 aliphatic rings. The minimum absolute atomic E-state index is 0. The quantitative estimate of drug-likeness (QED) is 0.474. The van der Waals surface area contributed by atoms with Crippen molar-refractivity contribution in [2.75, 3.05) is 13.6 Å². The monoisotopic (exact) mass is 387 g/mol. The number of halogens is 1. The van der Waals surface area contributed by atoms with Crippen LogP contribution in [0.4, 0.5) is 0 Å². The van der Waals surface area contributed by atoms with Gasteiger partial charge in [-0.3, -0.25) is 4.99 Å². The lowest BCUT2D eigenvalue weighted by Crippen LogP contribution is -2.40. The van der Waals surface area contributed by atoms with Gasteiger partial charge >= 0.3 is 0 Å². The fourth-order valence-electron chi connectivity index (χ4n) is 2.34. The highest BCUT2D eigenvalue weighted by Crippen LogP contribution is 2.28. The summed E-state index contributed by atoms with van der Waals surface area (Å²) in [7, 11) is 1.83. The van der Waals surface area contributed by atoms with Crippen LogP contribution in [0.25, 0.3) is 0 Å². The van der Waals surface area contributed by atoms with Crippen molar-refractivity contribution in [1.29, 1.82) is 0 Å². The highest BCUT2D eigenvalue weighted by atomic mass is 127. The van der Waals surface area contributed by atoms with Gasteiger partial charge in [0.1, 0.15) is 0 Å². The van der Waals surface area contributed by atoms with Crippen molar-refractivity contribution in [2.45, 2.75) is 39.7 Å². The standard InChI is InChI=1S/C16H25N3.HI/c1-11-5-6-14(12(2)9-11)7-8-18-16(17-4)19-15-10-13(15)3;/h5-6,9,13,15H,7-8,10H2,1-4H3,(H2,17,18,19);1H. The molecular formula is C16H26IN3. The van der Waals surface area contributed by atoms with Crippen molar-refractivity contribution in [3.63, 3.8) is 0 Å². The third-order valence-electron chi connectivity index (χ3n) is 3.84. The Hall–Kier alpha value is -0.780. The van der Waals surface area contributed by atoms with Gasteiger partial charge in [0.05, 0.1) is 0 Å². The van der Waals surface area contributed by atoms with Crippen LogP contribution in [0.1, 0.15) is 30.0 Å². The van der Waals surface area contributed by atoms with E-state index in [0.717, 1.165) is 24.8 Å². The molecule has 0 aromatic heterocycles. The molecule has 0 amide bonds. The molecule has 0 saturated heterocycles. The average molecular weight is 387 g/mol. The number of aryl methyl sites for hydroxylation is 2. The molecule has 2 N–H and O–H groups in total. The van der Waals surface area contributed by atoms with Crippen LogP contribution in [0.2, 0.25) is 0 Å². The van der Waals surface area contributed by atoms with Crippen molar-refractivity contribution < 1.29 is 0 Å². The Morgan fingerprint density at radius 2 is 2.05 bits per heavy atom. The largest absolute Gasteiger partial charge is 0.356 e. The molecule has 1 aromatic carbocycles. The summed E-state index contributed by atoms with van der Waals surface area (Å²) >= 11 is 0. The van der Waals surface area contributed by atoms with E-state index in [1.54, 1.807) is 0 Å². The Bertz CT molecular complexity index is 471. The number of nitrogens with zero attached hydrogens (tertiary/aromatic N) is 1. The average Bonchev–Trinajstić information content (AvgIpc) is 3.06. The Labute approximate surface area is 139 Å². The van der Waals surface area contributed by atoms with Crippen LogP contribution in [0.5, 0.6) is 0 Å². The molecular weight excluding hydrogens is 361 g/mol. The molecule has 0 heterocycles. The van der Waals surface area contributed by atoms with Gasteiger partial charge in [-0.25, -0.2) is 0 Å². The van der Waals surface area contributed by atoms with Gasteiger partial charge in [-0.05, 0) is 43.7 Å². The van der Waals surface area contributed by atoms with Gasteiger partial charge in [0.2, 0.25) is 0 Å². The van der Waals surface area contributed by atoms with Gasteiger partial charge in [-0.1, -0.05) is 30.7 Å². The number of rotatable bonds is 4. The van der Waals surface area contributed by atoms with Crippen LogP contribution in [0.15, 0.2) is 23.2 Å². The van der Waals surface area contributed by atoms with Crippen LogP contribution in [-0.4, -0.2) is 25.6 Å². The summed E-state index contributed by atoms with van der Waals surface area (Å²) in [5.41, 5.74) is 4.11. The first-order chi connectivity index (χ1) is 9.10. The van der Waals surface area contributed by atoms with E-state index >= 15 is 0 Å². The van der Waals surface area contributed by atoms with E-state index in [2.05, 4.69) is 54.6 Å². The predicted molar refractivity (Wildman–Crippen MR) is 97.1 cm³/mol. The van der Waals surface area contributed by atoms with Gasteiger partial charge in [-0.15, -0.1) is 24.0 Å². The molecule has 1 saturated carbocycles. The topological polar surface area (TPSA) is 36.4 Å². The lowest BCUT2D eigenvalue weighted by Gasteiger charge is -2.12. The van der Waals surface area contributed by atoms with Crippen LogP contribution >= 0.6 is 24.0 Å². The summed E-state index contributed by atoms with van der Waals surface area (Å²) in [5, 5.41) is 6.83. The second kappa shape index (κ2) is 7.86. The summed E-state index contributed by atoms with van der Waals surface area (Å²) < 4.78 is 0. The van der Waals surface area contributed by atoms with Crippen molar-refractivity contribution in [2.24, 2.45) is 10.9 Å². The Kier molecular flexibility index (Phi) is 6.79. The lowest BCUT2D eigenvalue weighted by atomic mass is 10.0. The van der Waals surface area contributed by atoms with Crippen molar-refractivity contribution >= 4 is 29.9 Å². The lowest BCUT2D eigenvalue weighted by molar-refractivity contribution is 0.757. The molecule has 3 nitrogen and oxygen atoms in total. The van der Waals surface area contributed by atoms with Crippen LogP contribution in [0.3, 0.4) is 0 Å². The van der Waals surface area contributed by atoms with E-state index in [1.165, 1.54) is 23.1 Å². The summed E-state index contributed by atoms with van der Waals surface area (Å²) in [6.07, 6.45) is 2.30. The third-order valence-corrected chi connectivity index (χ3v) is 3.84. The van der Waals surface area contributed by atoms with E-state index in [-0.39, 0.29) is 24.0 Å². The first-order valence-electron chi connectivity index (χ1n) is 7.13. The highest BCUT2D eigenvalue weighted by Gasteiger charge is 2.33. The van der Waals surface area contributed by atoms with E-state index in [4.69, 9.17) is 0 Å². The van der Waals surface area contributed by atoms with Crippen molar-refractivity contribution in [3.8, 4) is 0 Å². The zero-order valence-corrected chi connectivity index (χ0v) is 15.2. The summed E-state index contributed by atoms with van der Waals surface area (Å²) in [5.74, 6) is 1.72. The number of aliphatic imine (C=N–C) groups is 1. The predicted octanol–water partition coefficient (Wildman–Crippen LogP) is 3.04. The number of guanidine groups is 1. The number of hydrogen-bond donors (Lipinski definition) is 2. The minimum Gasteiger partial charge on any atom is -0.356 e. The van der Waals surface area contributed by atoms with E-state index in [9.17, 15) is 0 Å². The molecule has 0 spiro atoms. The number of hydrogen-bond acceptors (Lipinski definition) is 1. The third kappa shape index (κ3) is 4.96. The van der Waals surface area contributed by atoms with Crippen LogP contribution in [0, 0.1) is 19.8 Å². The van der Waals surface area contributed by atoms with Crippen LogP contribution in [-0.2, 0) is 6.42 Å². The minimum atomic E-state index is 0. The maximum atomic E-state index is 4.26. The molecule has 1 aromatic rings. The molecule has 1 fully saturated rings. The Morgan fingerprint density at radius 3 is 2.60 bits per heavy atom. The molecule has 0 aliphatic heterocycles. The van der Waals surface area contributed by atoms with Gasteiger partial charge in [0.15, 0.2) is 5.96 Å². The van der Waals surface area contributed by atoms with Crippen LogP contribution < -0.4 is 10.6 Å². The molecule has 1 aliphatic carbocycles. The summed E-state index contributed by atoms with van der Waals surface area (Å²) in [6, 6.07) is 7.27. The fourth-order valence-corrected chi connectivity index (χ4v) is 2.34. The van der Waals surface area contributed by atoms with Gasteiger partial charge in [-0.2, -0.15) is 0 Å². The molecule has 4 heteroatoms. The maximum absolute atomic E-state index is 4.26. The van der Waals surface area contributed by atoms with E-state index < -0.39 is 0 Å². The normalized spacial score (nSPS) is 21.1. The highest BCUT2D eigenvalue weighted by molar-refractivity contribution is 14.0. The van der Waals surface area contributed by atoms with Gasteiger partial charge < -0.3 is 10.6 Å². The molecule has 112 valence electrons. The molecule has 2 unspecified atom stereocenters. The fraction of sp³-hybridized carbons (Fsp3) is 0.562. The summed E-state index contributed by atoms with van der Waals surface area (Å²) in [6.45, 7) is 7.50. The molecule has 2 atom stereocenters. The van der Waals surface area contributed by atoms with Crippen molar-refractivity contribution in [1.82, 2.24) is 10.6 Å². The zero-order chi connectivity index (χ0) is 13.8. The Morgan fingerprint density at radius 1 is 1.35 bits per heavy atom. The summed E-state index contributed by atoms with van der Waals surface area (Å²) in [4.78, 5) is 4.26. The first-order valence-corrected chi connectivity index (χ1v) is 7.13. The molecule has 0 radical (unpaired) electrons. The maximum Gasteiger partial charge on any atom is 0.191 e. The molecule has 20 heavy (non-hydrogen) atoms. The van der Waals surface area contributed by atoms with E-state index in [1.807, 2.05) is 7.05 Å². The number of nitrogens with one attached hydrogen (secondary N) is 2. The van der Waals surface area contributed by atoms with E-state index in [0.29, 0.717) is 6.04 Å². The SMILES string of the molecule is CN=C(NCCc1ccc(C)cc1C)NC1CC1C.I. The molecule has 2 rings (SSSR count). The number of benzene rings is 1. The second-order valence-electron chi connectivity index (χ2n) is 5.64. The second-order valence-corrected chi connectivity index (χ2v) is 5.64.